The van der Waals surface area contributed by atoms with Crippen LogP contribution in [0, 0.1) is 0 Å². The van der Waals surface area contributed by atoms with E-state index in [-0.39, 0.29) is 18.4 Å². The summed E-state index contributed by atoms with van der Waals surface area (Å²) in [4.78, 5) is 13.5. The number of rotatable bonds is 8. The second-order valence-corrected chi connectivity index (χ2v) is 5.42. The van der Waals surface area contributed by atoms with Crippen molar-refractivity contribution in [1.29, 1.82) is 0 Å². The number of likely N-dealkylation sites (N-methyl/N-ethyl adjacent to an activating group) is 1. The zero-order chi connectivity index (χ0) is 16.8. The van der Waals surface area contributed by atoms with Crippen molar-refractivity contribution >= 4 is 5.97 Å². The molecule has 1 rings (SSSR count). The third-order valence-corrected chi connectivity index (χ3v) is 3.77. The van der Waals surface area contributed by atoms with Gasteiger partial charge in [0.1, 0.15) is 0 Å². The van der Waals surface area contributed by atoms with Crippen LogP contribution >= 0.6 is 0 Å². The average Bonchev–Trinajstić information content (AvgIpc) is 2.56. The Morgan fingerprint density at radius 1 is 1.14 bits per heavy atom. The Hall–Kier alpha value is -0.690. The minimum Gasteiger partial charge on any atom is -0.469 e. The lowest BCUT2D eigenvalue weighted by atomic mass is 10.1. The molecule has 1 heterocycles. The van der Waals surface area contributed by atoms with E-state index in [4.69, 9.17) is 9.47 Å². The first kappa shape index (κ1) is 21.3. The highest BCUT2D eigenvalue weighted by Gasteiger charge is 2.22. The summed E-state index contributed by atoms with van der Waals surface area (Å²) in [6.45, 7) is 6.29. The number of carbonyl (C=O) groups is 1. The summed E-state index contributed by atoms with van der Waals surface area (Å²) in [7, 11) is 6.13. The van der Waals surface area contributed by atoms with E-state index in [1.807, 2.05) is 0 Å². The number of nitrogens with zero attached hydrogens (tertiary/aromatic N) is 1. The van der Waals surface area contributed by atoms with Gasteiger partial charge < -0.3 is 24.4 Å². The van der Waals surface area contributed by atoms with Crippen LogP contribution in [-0.2, 0) is 19.0 Å². The first-order valence-electron chi connectivity index (χ1n) is 8.14. The highest BCUT2D eigenvalue weighted by atomic mass is 16.7. The third-order valence-electron chi connectivity index (χ3n) is 3.77. The molecule has 1 aliphatic rings. The SMILES string of the molecule is CCCN1CCCCC1.CNC(CC(=O)OC)C(OC)OC. The standard InChI is InChI=1S/C8H17NO4.C8H17N/c1-9-6(5-7(10)11-2)8(12-3)13-4;1-2-6-9-7-4-3-5-8-9/h6,8-9H,5H2,1-4H3;2-8H2,1H3. The monoisotopic (exact) mass is 318 g/mol. The second-order valence-electron chi connectivity index (χ2n) is 5.42. The van der Waals surface area contributed by atoms with Crippen molar-refractivity contribution in [1.82, 2.24) is 10.2 Å². The molecule has 6 heteroatoms. The smallest absolute Gasteiger partial charge is 0.307 e. The van der Waals surface area contributed by atoms with Crippen molar-refractivity contribution in [3.05, 3.63) is 0 Å². The first-order chi connectivity index (χ1) is 10.6. The fourth-order valence-electron chi connectivity index (χ4n) is 2.52. The zero-order valence-electron chi connectivity index (χ0n) is 14.9. The number of esters is 1. The van der Waals surface area contributed by atoms with Crippen molar-refractivity contribution in [2.75, 3.05) is 48.0 Å². The summed E-state index contributed by atoms with van der Waals surface area (Å²) in [5.74, 6) is -0.293. The minimum atomic E-state index is -0.441. The van der Waals surface area contributed by atoms with Gasteiger partial charge >= 0.3 is 5.97 Å². The van der Waals surface area contributed by atoms with E-state index in [2.05, 4.69) is 21.9 Å². The van der Waals surface area contributed by atoms with Crippen LogP contribution in [0.3, 0.4) is 0 Å². The molecule has 1 aliphatic heterocycles. The minimum absolute atomic E-state index is 0.192. The molecule has 0 aromatic carbocycles. The van der Waals surface area contributed by atoms with Gasteiger partial charge in [-0.3, -0.25) is 4.79 Å². The van der Waals surface area contributed by atoms with Gasteiger partial charge in [0.15, 0.2) is 6.29 Å². The van der Waals surface area contributed by atoms with E-state index < -0.39 is 6.29 Å². The van der Waals surface area contributed by atoms with Gasteiger partial charge in [-0.05, 0) is 45.9 Å². The largest absolute Gasteiger partial charge is 0.469 e. The van der Waals surface area contributed by atoms with Gasteiger partial charge in [0.25, 0.3) is 0 Å². The Bertz CT molecular complexity index is 264. The quantitative estimate of drug-likeness (QED) is 0.542. The topological polar surface area (TPSA) is 60.0 Å². The Labute approximate surface area is 135 Å². The number of ether oxygens (including phenoxy) is 3. The molecule has 0 aliphatic carbocycles. The molecule has 1 N–H and O–H groups in total. The zero-order valence-corrected chi connectivity index (χ0v) is 14.9. The Morgan fingerprint density at radius 3 is 2.14 bits per heavy atom. The number of hydrogen-bond donors (Lipinski definition) is 1. The van der Waals surface area contributed by atoms with Crippen LogP contribution in [0.2, 0.25) is 0 Å². The summed E-state index contributed by atoms with van der Waals surface area (Å²) >= 11 is 0. The molecular weight excluding hydrogens is 284 g/mol. The Kier molecular flexibility index (Phi) is 13.5. The van der Waals surface area contributed by atoms with Crippen LogP contribution in [0.1, 0.15) is 39.0 Å². The van der Waals surface area contributed by atoms with E-state index in [0.29, 0.717) is 0 Å². The molecule has 0 aromatic heterocycles. The van der Waals surface area contributed by atoms with Crippen LogP contribution in [0.5, 0.6) is 0 Å². The highest BCUT2D eigenvalue weighted by Crippen LogP contribution is 2.08. The lowest BCUT2D eigenvalue weighted by molar-refractivity contribution is -0.150. The normalized spacial score (nSPS) is 16.8. The van der Waals surface area contributed by atoms with Crippen LogP contribution in [0.25, 0.3) is 0 Å². The van der Waals surface area contributed by atoms with Gasteiger partial charge in [-0.2, -0.15) is 0 Å². The van der Waals surface area contributed by atoms with Crippen molar-refractivity contribution in [3.8, 4) is 0 Å². The van der Waals surface area contributed by atoms with Crippen LogP contribution < -0.4 is 5.32 Å². The Balaban J connectivity index is 0.000000425. The number of nitrogens with one attached hydrogen (secondary N) is 1. The van der Waals surface area contributed by atoms with E-state index in [0.717, 1.165) is 0 Å². The summed E-state index contributed by atoms with van der Waals surface area (Å²) in [6, 6.07) is -0.192. The molecule has 0 aromatic rings. The number of methoxy groups -OCH3 is 3. The fourth-order valence-corrected chi connectivity index (χ4v) is 2.52. The predicted molar refractivity (Wildman–Crippen MR) is 87.9 cm³/mol. The third kappa shape index (κ3) is 9.35. The van der Waals surface area contributed by atoms with Crippen LogP contribution in [0.15, 0.2) is 0 Å². The summed E-state index contributed by atoms with van der Waals surface area (Å²) in [5, 5.41) is 2.92. The van der Waals surface area contributed by atoms with E-state index in [9.17, 15) is 4.79 Å². The maximum Gasteiger partial charge on any atom is 0.307 e. The lowest BCUT2D eigenvalue weighted by Gasteiger charge is -2.25. The summed E-state index contributed by atoms with van der Waals surface area (Å²) in [6.07, 6.45) is 5.42. The molecule has 0 spiro atoms. The summed E-state index contributed by atoms with van der Waals surface area (Å²) in [5.41, 5.74) is 0. The van der Waals surface area contributed by atoms with Gasteiger partial charge in [-0.25, -0.2) is 0 Å². The molecule has 1 atom stereocenters. The average molecular weight is 318 g/mol. The number of likely N-dealkylation sites (tertiary alicyclic amines) is 1. The number of hydrogen-bond acceptors (Lipinski definition) is 6. The highest BCUT2D eigenvalue weighted by molar-refractivity contribution is 5.69. The molecule has 6 nitrogen and oxygen atoms in total. The second kappa shape index (κ2) is 13.9. The first-order valence-corrected chi connectivity index (χ1v) is 8.14. The molecule has 22 heavy (non-hydrogen) atoms. The molecule has 1 fully saturated rings. The molecule has 132 valence electrons. The Morgan fingerprint density at radius 2 is 1.73 bits per heavy atom. The van der Waals surface area contributed by atoms with Gasteiger partial charge in [0.05, 0.1) is 19.6 Å². The molecule has 0 radical (unpaired) electrons. The fraction of sp³-hybridized carbons (Fsp3) is 0.938. The van der Waals surface area contributed by atoms with Crippen molar-refractivity contribution in [2.24, 2.45) is 0 Å². The maximum absolute atomic E-state index is 10.9. The van der Waals surface area contributed by atoms with Gasteiger partial charge in [0, 0.05) is 14.2 Å². The molecule has 0 saturated carbocycles. The van der Waals surface area contributed by atoms with Crippen molar-refractivity contribution in [2.45, 2.75) is 51.4 Å². The van der Waals surface area contributed by atoms with Gasteiger partial charge in [-0.1, -0.05) is 13.3 Å². The van der Waals surface area contributed by atoms with E-state index >= 15 is 0 Å². The van der Waals surface area contributed by atoms with Crippen LogP contribution in [0.4, 0.5) is 0 Å². The predicted octanol–water partition coefficient (Wildman–Crippen LogP) is 1.64. The molecule has 1 unspecified atom stereocenters. The maximum atomic E-state index is 10.9. The molecule has 0 bridgehead atoms. The van der Waals surface area contributed by atoms with Crippen molar-refractivity contribution in [3.63, 3.8) is 0 Å². The van der Waals surface area contributed by atoms with E-state index in [1.165, 1.54) is 66.6 Å². The van der Waals surface area contributed by atoms with E-state index in [1.54, 1.807) is 7.05 Å². The molecular formula is C16H34N2O4. The number of piperidine rings is 1. The lowest BCUT2D eigenvalue weighted by Crippen LogP contribution is -2.41. The van der Waals surface area contributed by atoms with Crippen LogP contribution in [-0.4, -0.2) is 71.2 Å². The van der Waals surface area contributed by atoms with Crippen molar-refractivity contribution < 1.29 is 19.0 Å². The molecule has 1 saturated heterocycles. The molecule has 0 amide bonds. The van der Waals surface area contributed by atoms with Gasteiger partial charge in [-0.15, -0.1) is 0 Å². The summed E-state index contributed by atoms with van der Waals surface area (Å²) < 4.78 is 14.5. The number of carbonyl (C=O) groups excluding carboxylic acids is 1. The van der Waals surface area contributed by atoms with Gasteiger partial charge in [0.2, 0.25) is 0 Å².